The van der Waals surface area contributed by atoms with Crippen LogP contribution in [0.3, 0.4) is 0 Å². The molecule has 0 saturated carbocycles. The van der Waals surface area contributed by atoms with Gasteiger partial charge in [-0.15, -0.1) is 11.3 Å². The second-order valence-corrected chi connectivity index (χ2v) is 4.62. The van der Waals surface area contributed by atoms with Crippen molar-refractivity contribution in [1.82, 2.24) is 15.0 Å². The average Bonchev–Trinajstić information content (AvgIpc) is 2.77. The zero-order valence-corrected chi connectivity index (χ0v) is 10.5. The highest BCUT2D eigenvalue weighted by molar-refractivity contribution is 7.09. The number of aromatic nitrogens is 3. The van der Waals surface area contributed by atoms with Gasteiger partial charge in [0, 0.05) is 17.6 Å². The smallest absolute Gasteiger partial charge is 0.252 e. The third-order valence-corrected chi connectivity index (χ3v) is 3.23. The van der Waals surface area contributed by atoms with Crippen molar-refractivity contribution in [3.8, 4) is 0 Å². The highest BCUT2D eigenvalue weighted by Gasteiger charge is 2.12. The summed E-state index contributed by atoms with van der Waals surface area (Å²) in [5.74, 6) is 1.20. The van der Waals surface area contributed by atoms with Gasteiger partial charge < -0.3 is 10.3 Å². The van der Waals surface area contributed by atoms with E-state index in [-0.39, 0.29) is 11.6 Å². The molecule has 6 heteroatoms. The summed E-state index contributed by atoms with van der Waals surface area (Å²) in [6.07, 6.45) is 2.67. The monoisotopic (exact) mass is 250 g/mol. The van der Waals surface area contributed by atoms with Crippen LogP contribution in [0.1, 0.15) is 30.2 Å². The molecule has 0 aliphatic heterocycles. The summed E-state index contributed by atoms with van der Waals surface area (Å²) in [5, 5.41) is 6.18. The second-order valence-electron chi connectivity index (χ2n) is 3.69. The zero-order chi connectivity index (χ0) is 12.3. The quantitative estimate of drug-likeness (QED) is 0.871. The van der Waals surface area contributed by atoms with Crippen molar-refractivity contribution < 1.29 is 0 Å². The van der Waals surface area contributed by atoms with Crippen molar-refractivity contribution in [1.29, 1.82) is 0 Å². The van der Waals surface area contributed by atoms with Crippen LogP contribution in [-0.2, 0) is 0 Å². The fraction of sp³-hybridized carbons (Fsp3) is 0.364. The van der Waals surface area contributed by atoms with Gasteiger partial charge in [-0.1, -0.05) is 6.92 Å². The van der Waals surface area contributed by atoms with Crippen LogP contribution in [0.2, 0.25) is 0 Å². The minimum atomic E-state index is -0.144. The molecule has 17 heavy (non-hydrogen) atoms. The van der Waals surface area contributed by atoms with Gasteiger partial charge in [-0.05, 0) is 13.3 Å². The first kappa shape index (κ1) is 11.8. The molecule has 0 aliphatic carbocycles. The normalized spacial score (nSPS) is 12.4. The SMILES string of the molecule is CCC(Nc1cc(=O)[nH]c(C)n1)c1nccs1. The molecule has 2 aromatic heterocycles. The Hall–Kier alpha value is -1.69. The largest absolute Gasteiger partial charge is 0.361 e. The molecule has 1 unspecified atom stereocenters. The van der Waals surface area contributed by atoms with Crippen molar-refractivity contribution >= 4 is 17.2 Å². The Labute approximate surface area is 103 Å². The number of rotatable bonds is 4. The zero-order valence-electron chi connectivity index (χ0n) is 9.73. The van der Waals surface area contributed by atoms with Crippen LogP contribution >= 0.6 is 11.3 Å². The summed E-state index contributed by atoms with van der Waals surface area (Å²) in [7, 11) is 0. The van der Waals surface area contributed by atoms with Gasteiger partial charge >= 0.3 is 0 Å². The Morgan fingerprint density at radius 3 is 3.00 bits per heavy atom. The van der Waals surface area contributed by atoms with Gasteiger partial charge in [0.05, 0.1) is 6.04 Å². The summed E-state index contributed by atoms with van der Waals surface area (Å²) in [4.78, 5) is 22.4. The highest BCUT2D eigenvalue weighted by Crippen LogP contribution is 2.22. The lowest BCUT2D eigenvalue weighted by atomic mass is 10.2. The lowest BCUT2D eigenvalue weighted by Crippen LogP contribution is -2.15. The number of aromatic amines is 1. The molecule has 2 aromatic rings. The van der Waals surface area contributed by atoms with E-state index in [0.717, 1.165) is 11.4 Å². The third kappa shape index (κ3) is 2.91. The fourth-order valence-electron chi connectivity index (χ4n) is 1.58. The van der Waals surface area contributed by atoms with E-state index < -0.39 is 0 Å². The maximum atomic E-state index is 11.3. The molecule has 2 rings (SSSR count). The average molecular weight is 250 g/mol. The molecule has 0 radical (unpaired) electrons. The lowest BCUT2D eigenvalue weighted by molar-refractivity contribution is 0.735. The predicted octanol–water partition coefficient (Wildman–Crippen LogP) is 2.10. The van der Waals surface area contributed by atoms with Gasteiger partial charge in [0.15, 0.2) is 0 Å². The first-order valence-corrected chi connectivity index (χ1v) is 6.31. The van der Waals surface area contributed by atoms with E-state index in [1.807, 2.05) is 5.38 Å². The number of H-pyrrole nitrogens is 1. The molecule has 90 valence electrons. The van der Waals surface area contributed by atoms with E-state index >= 15 is 0 Å². The van der Waals surface area contributed by atoms with Crippen molar-refractivity contribution in [2.45, 2.75) is 26.3 Å². The standard InChI is InChI=1S/C11H14N4OS/c1-3-8(11-12-4-5-17-11)15-9-6-10(16)14-7(2)13-9/h4-6,8H,3H2,1-2H3,(H2,13,14,15,16). The molecule has 2 heterocycles. The Morgan fingerprint density at radius 1 is 1.59 bits per heavy atom. The molecule has 2 N–H and O–H groups in total. The number of anilines is 1. The van der Waals surface area contributed by atoms with Crippen molar-refractivity contribution in [3.63, 3.8) is 0 Å². The number of nitrogens with zero attached hydrogens (tertiary/aromatic N) is 2. The summed E-state index contributed by atoms with van der Waals surface area (Å²) in [6, 6.07) is 1.56. The topological polar surface area (TPSA) is 70.7 Å². The second kappa shape index (κ2) is 5.09. The van der Waals surface area contributed by atoms with E-state index in [2.05, 4.69) is 27.2 Å². The molecule has 0 aliphatic rings. The highest BCUT2D eigenvalue weighted by atomic mass is 32.1. The molecule has 0 aromatic carbocycles. The molecular formula is C11H14N4OS. The molecule has 1 atom stereocenters. The summed E-state index contributed by atoms with van der Waals surface area (Å²) < 4.78 is 0. The first-order chi connectivity index (χ1) is 8.19. The van der Waals surface area contributed by atoms with Crippen LogP contribution < -0.4 is 10.9 Å². The predicted molar refractivity (Wildman–Crippen MR) is 68.4 cm³/mol. The molecule has 0 saturated heterocycles. The van der Waals surface area contributed by atoms with Crippen LogP contribution in [0.15, 0.2) is 22.4 Å². The number of nitrogens with one attached hydrogen (secondary N) is 2. The maximum Gasteiger partial charge on any atom is 0.252 e. The summed E-state index contributed by atoms with van der Waals surface area (Å²) in [5.41, 5.74) is -0.144. The van der Waals surface area contributed by atoms with Gasteiger partial charge in [0.1, 0.15) is 16.6 Å². The van der Waals surface area contributed by atoms with Crippen molar-refractivity contribution in [3.05, 3.63) is 38.8 Å². The van der Waals surface area contributed by atoms with Crippen LogP contribution in [0.25, 0.3) is 0 Å². The van der Waals surface area contributed by atoms with Crippen LogP contribution in [0.4, 0.5) is 5.82 Å². The van der Waals surface area contributed by atoms with E-state index in [1.165, 1.54) is 6.07 Å². The van der Waals surface area contributed by atoms with E-state index in [4.69, 9.17) is 0 Å². The maximum absolute atomic E-state index is 11.3. The van der Waals surface area contributed by atoms with Crippen LogP contribution in [-0.4, -0.2) is 15.0 Å². The van der Waals surface area contributed by atoms with Gasteiger partial charge in [0.2, 0.25) is 0 Å². The van der Waals surface area contributed by atoms with E-state index in [0.29, 0.717) is 11.6 Å². The van der Waals surface area contributed by atoms with Crippen LogP contribution in [0, 0.1) is 6.92 Å². The fourth-order valence-corrected chi connectivity index (χ4v) is 2.35. The number of hydrogen-bond donors (Lipinski definition) is 2. The van der Waals surface area contributed by atoms with Crippen molar-refractivity contribution in [2.24, 2.45) is 0 Å². The Kier molecular flexibility index (Phi) is 3.53. The molecule has 0 fully saturated rings. The molecule has 5 nitrogen and oxygen atoms in total. The molecular weight excluding hydrogens is 236 g/mol. The molecule has 0 amide bonds. The van der Waals surface area contributed by atoms with Crippen molar-refractivity contribution in [2.75, 3.05) is 5.32 Å². The number of hydrogen-bond acceptors (Lipinski definition) is 5. The van der Waals surface area contributed by atoms with E-state index in [9.17, 15) is 4.79 Å². The van der Waals surface area contributed by atoms with Gasteiger partial charge in [0.25, 0.3) is 5.56 Å². The minimum absolute atomic E-state index is 0.101. The Morgan fingerprint density at radius 2 is 2.41 bits per heavy atom. The number of thiazole rings is 1. The summed E-state index contributed by atoms with van der Waals surface area (Å²) in [6.45, 7) is 3.83. The molecule has 0 bridgehead atoms. The van der Waals surface area contributed by atoms with Gasteiger partial charge in [-0.2, -0.15) is 0 Å². The lowest BCUT2D eigenvalue weighted by Gasteiger charge is -2.14. The van der Waals surface area contributed by atoms with Crippen LogP contribution in [0.5, 0.6) is 0 Å². The summed E-state index contributed by atoms with van der Waals surface area (Å²) >= 11 is 1.60. The molecule has 0 spiro atoms. The minimum Gasteiger partial charge on any atom is -0.361 e. The Bertz CT molecular complexity index is 535. The van der Waals surface area contributed by atoms with Gasteiger partial charge in [-0.25, -0.2) is 9.97 Å². The Balaban J connectivity index is 2.21. The first-order valence-electron chi connectivity index (χ1n) is 5.43. The van der Waals surface area contributed by atoms with E-state index in [1.54, 1.807) is 24.5 Å². The third-order valence-electron chi connectivity index (χ3n) is 2.34. The number of aryl methyl sites for hydroxylation is 1. The van der Waals surface area contributed by atoms with Gasteiger partial charge in [-0.3, -0.25) is 4.79 Å².